The third-order valence-corrected chi connectivity index (χ3v) is 11.4. The van der Waals surface area contributed by atoms with Crippen molar-refractivity contribution in [2.24, 2.45) is 0 Å². The van der Waals surface area contributed by atoms with Crippen molar-refractivity contribution in [1.29, 1.82) is 5.26 Å². The lowest BCUT2D eigenvalue weighted by Gasteiger charge is -2.37. The fourth-order valence-electron chi connectivity index (χ4n) is 7.10. The van der Waals surface area contributed by atoms with Crippen molar-refractivity contribution in [3.8, 4) is 11.8 Å². The van der Waals surface area contributed by atoms with Gasteiger partial charge >= 0.3 is 16.6 Å². The maximum absolute atomic E-state index is 13.9. The van der Waals surface area contributed by atoms with Gasteiger partial charge in [-0.2, -0.15) is 22.1 Å². The van der Waals surface area contributed by atoms with Gasteiger partial charge in [0.05, 0.1) is 29.6 Å². The molecule has 63 heavy (non-hydrogen) atoms. The predicted octanol–water partition coefficient (Wildman–Crippen LogP) is 2.67. The first-order valence-electron chi connectivity index (χ1n) is 19.5. The number of amides is 4. The van der Waals surface area contributed by atoms with Crippen LogP contribution in [0, 0.1) is 11.3 Å². The quantitative estimate of drug-likeness (QED) is 0.147. The molecule has 2 saturated heterocycles. The normalized spacial score (nSPS) is 17.4. The zero-order valence-electron chi connectivity index (χ0n) is 34.7. The minimum absolute atomic E-state index is 0.00326. The Bertz CT molecular complexity index is 2480. The summed E-state index contributed by atoms with van der Waals surface area (Å²) >= 11 is 0. The van der Waals surface area contributed by atoms with E-state index in [1.807, 2.05) is 0 Å². The number of ether oxygens (including phenoxy) is 1. The summed E-state index contributed by atoms with van der Waals surface area (Å²) in [6, 6.07) is 8.42. The van der Waals surface area contributed by atoms with E-state index in [9.17, 15) is 58.5 Å². The van der Waals surface area contributed by atoms with Crippen LogP contribution in [0.3, 0.4) is 0 Å². The molecule has 0 saturated carbocycles. The number of nitrogens with one attached hydrogen (secondary N) is 2. The molecule has 2 aliphatic rings. The van der Waals surface area contributed by atoms with Crippen molar-refractivity contribution in [3.63, 3.8) is 0 Å². The molecule has 0 unspecified atom stereocenters. The number of hydrogen-bond donors (Lipinski definition) is 3. The molecule has 3 aromatic rings. The summed E-state index contributed by atoms with van der Waals surface area (Å²) in [6.45, 7) is 5.72. The molecule has 0 radical (unpaired) electrons. The van der Waals surface area contributed by atoms with E-state index >= 15 is 0 Å². The number of carbonyl (C=O) groups is 4. The minimum Gasteiger partial charge on any atom is -0.444 e. The molecule has 19 nitrogen and oxygen atoms in total. The highest BCUT2D eigenvalue weighted by Crippen LogP contribution is 2.34. The first-order valence-corrected chi connectivity index (χ1v) is 22.3. The third kappa shape index (κ3) is 13.4. The second kappa shape index (κ2) is 19.3. The van der Waals surface area contributed by atoms with Gasteiger partial charge in [-0.1, -0.05) is 16.0 Å². The molecule has 0 spiro atoms. The fraction of sp³-hybridized carbons (Fsp3) is 0.487. The summed E-state index contributed by atoms with van der Waals surface area (Å²) in [6.07, 6.45) is 0.00919. The van der Waals surface area contributed by atoms with Crippen molar-refractivity contribution in [3.05, 3.63) is 59.8 Å². The standard InChI is InChI=1S/C39H47F3N8O11S2/c1-38(2,3)60-37(54)46-31(18-25-6-8-28(9-7-25)62(55,56)57)36(53)49-16-14-48(15-17-49)13-5-12-47(4)26-19-30-29(10-11-44-34(30)32(20-26)61-63(42,58)59)35(52)45-23-33(51)50-24-39(40,41)21-27(50)22-43/h6-11,19-20,27,31H,5,12-18,21,23-24H2,1-4H3,(H,45,52)(H,46,54)(H,55,56,57)/t27-,31-/m0/s1. The number of rotatable bonds is 15. The average Bonchev–Trinajstić information content (AvgIpc) is 3.52. The molecular formula is C39H47F3N8O11S2. The lowest BCUT2D eigenvalue weighted by atomic mass is 10.0. The van der Waals surface area contributed by atoms with Crippen LogP contribution in [-0.2, 0) is 41.4 Å². The van der Waals surface area contributed by atoms with Crippen LogP contribution in [0.5, 0.6) is 5.75 Å². The van der Waals surface area contributed by atoms with E-state index in [-0.39, 0.29) is 33.7 Å². The average molecular weight is 925 g/mol. The smallest absolute Gasteiger partial charge is 0.444 e. The van der Waals surface area contributed by atoms with Crippen LogP contribution >= 0.6 is 0 Å². The number of halogens is 3. The highest BCUT2D eigenvalue weighted by atomic mass is 32.3. The van der Waals surface area contributed by atoms with Crippen LogP contribution in [0.2, 0.25) is 0 Å². The Kier molecular flexibility index (Phi) is 14.8. The van der Waals surface area contributed by atoms with E-state index in [0.29, 0.717) is 61.8 Å². The number of fused-ring (bicyclic) bond motifs is 1. The van der Waals surface area contributed by atoms with Gasteiger partial charge in [0.25, 0.3) is 21.9 Å². The number of piperazine rings is 1. The molecule has 2 aliphatic heterocycles. The zero-order valence-corrected chi connectivity index (χ0v) is 36.3. The van der Waals surface area contributed by atoms with Crippen molar-refractivity contribution >= 4 is 61.0 Å². The number of alkyl halides is 2. The Morgan fingerprint density at radius 1 is 1.06 bits per heavy atom. The number of anilines is 1. The highest BCUT2D eigenvalue weighted by Gasteiger charge is 2.47. The van der Waals surface area contributed by atoms with E-state index in [4.69, 9.17) is 4.74 Å². The van der Waals surface area contributed by atoms with Gasteiger partial charge in [-0.25, -0.2) is 13.6 Å². The molecule has 0 bridgehead atoms. The molecule has 4 amide bonds. The number of pyridine rings is 1. The lowest BCUT2D eigenvalue weighted by molar-refractivity contribution is -0.135. The van der Waals surface area contributed by atoms with Gasteiger partial charge in [-0.3, -0.25) is 28.8 Å². The van der Waals surface area contributed by atoms with Crippen LogP contribution in [0.25, 0.3) is 10.9 Å². The predicted molar refractivity (Wildman–Crippen MR) is 219 cm³/mol. The second-order valence-corrected chi connectivity index (χ2v) is 18.4. The third-order valence-electron chi connectivity index (χ3n) is 10.1. The van der Waals surface area contributed by atoms with Crippen molar-refractivity contribution in [1.82, 2.24) is 30.3 Å². The molecule has 3 heterocycles. The SMILES string of the molecule is CN(CCCN1CCN(C(=O)[C@H](Cc2ccc(S(=O)(=O)O)cc2)NC(=O)OC(C)(C)C)CC1)c1cc(OS(=O)(=O)F)c2nccc(C(=O)NCC(=O)N3CC(F)(F)C[C@H]3C#N)c2c1. The molecule has 24 heteroatoms. The van der Waals surface area contributed by atoms with Gasteiger partial charge < -0.3 is 34.3 Å². The summed E-state index contributed by atoms with van der Waals surface area (Å²) in [5, 5.41) is 14.2. The number of carbonyl (C=O) groups excluding carboxylic acids is 4. The summed E-state index contributed by atoms with van der Waals surface area (Å²) in [5.41, 5.74) is -0.370. The van der Waals surface area contributed by atoms with Crippen molar-refractivity contribution < 1.29 is 62.2 Å². The van der Waals surface area contributed by atoms with Gasteiger partial charge in [-0.05, 0) is 63.6 Å². The van der Waals surface area contributed by atoms with Crippen LogP contribution < -0.4 is 19.7 Å². The zero-order chi connectivity index (χ0) is 46.5. The lowest BCUT2D eigenvalue weighted by Crippen LogP contribution is -2.56. The number of nitriles is 1. The Labute approximate surface area is 362 Å². The van der Waals surface area contributed by atoms with Crippen molar-refractivity contribution in [2.75, 3.05) is 64.3 Å². The highest BCUT2D eigenvalue weighted by molar-refractivity contribution is 7.85. The number of nitrogens with zero attached hydrogens (tertiary/aromatic N) is 6. The molecule has 1 aromatic heterocycles. The second-order valence-electron chi connectivity index (χ2n) is 16.0. The van der Waals surface area contributed by atoms with E-state index in [2.05, 4.69) is 24.7 Å². The maximum Gasteiger partial charge on any atom is 0.488 e. The first kappa shape index (κ1) is 48.3. The number of benzene rings is 2. The first-order chi connectivity index (χ1) is 29.3. The molecule has 2 aromatic carbocycles. The van der Waals surface area contributed by atoms with Gasteiger partial charge in [0.2, 0.25) is 11.8 Å². The van der Waals surface area contributed by atoms with Crippen molar-refractivity contribution in [2.45, 2.75) is 68.5 Å². The molecular weight excluding hydrogens is 878 g/mol. The number of alkyl carbamates (subject to hydrolysis) is 1. The molecule has 2 atom stereocenters. The fourth-order valence-corrected chi connectivity index (χ4v) is 7.92. The number of aromatic nitrogens is 1. The number of likely N-dealkylation sites (tertiary alicyclic amines) is 1. The van der Waals surface area contributed by atoms with Gasteiger partial charge in [0, 0.05) is 75.9 Å². The molecule has 5 rings (SSSR count). The Morgan fingerprint density at radius 3 is 2.33 bits per heavy atom. The van der Waals surface area contributed by atoms with Gasteiger partial charge in [0.15, 0.2) is 5.75 Å². The largest absolute Gasteiger partial charge is 0.488 e. The Morgan fingerprint density at radius 2 is 1.73 bits per heavy atom. The molecule has 342 valence electrons. The van der Waals surface area contributed by atoms with E-state index in [1.54, 1.807) is 43.7 Å². The number of hydrogen-bond acceptors (Lipinski definition) is 14. The van der Waals surface area contributed by atoms with Gasteiger partial charge in [-0.15, -0.1) is 0 Å². The monoisotopic (exact) mass is 924 g/mol. The molecule has 0 aliphatic carbocycles. The molecule has 3 N–H and O–H groups in total. The van der Waals surface area contributed by atoms with E-state index < -0.39 is 87.4 Å². The van der Waals surface area contributed by atoms with E-state index in [0.717, 1.165) is 6.20 Å². The Hall–Kier alpha value is -5.77. The molecule has 2 fully saturated rings. The van der Waals surface area contributed by atoms with Crippen LogP contribution in [0.1, 0.15) is 49.5 Å². The van der Waals surface area contributed by atoms with Gasteiger partial charge in [0.1, 0.15) is 23.2 Å². The van der Waals surface area contributed by atoms with E-state index in [1.165, 1.54) is 42.5 Å². The van der Waals surface area contributed by atoms with Crippen LogP contribution in [0.15, 0.2) is 53.6 Å². The minimum atomic E-state index is -5.56. The summed E-state index contributed by atoms with van der Waals surface area (Å²) in [4.78, 5) is 62.4. The summed E-state index contributed by atoms with van der Waals surface area (Å²) in [5.74, 6) is -5.98. The topological polar surface area (TPSA) is 249 Å². The summed E-state index contributed by atoms with van der Waals surface area (Å²) < 4.78 is 107. The van der Waals surface area contributed by atoms with Crippen LogP contribution in [0.4, 0.5) is 23.1 Å². The Balaban J connectivity index is 1.22. The van der Waals surface area contributed by atoms with Crippen LogP contribution in [-0.4, -0.2) is 148 Å². The summed E-state index contributed by atoms with van der Waals surface area (Å²) in [7, 11) is -8.34. The maximum atomic E-state index is 13.9.